The summed E-state index contributed by atoms with van der Waals surface area (Å²) in [5.41, 5.74) is 1.56. The summed E-state index contributed by atoms with van der Waals surface area (Å²) in [6.07, 6.45) is 0. The van der Waals surface area contributed by atoms with Crippen LogP contribution in [0.15, 0.2) is 47.4 Å². The van der Waals surface area contributed by atoms with E-state index in [9.17, 15) is 18.0 Å². The number of amides is 2. The average molecular weight is 414 g/mol. The van der Waals surface area contributed by atoms with Crippen molar-refractivity contribution >= 4 is 33.2 Å². The summed E-state index contributed by atoms with van der Waals surface area (Å²) < 4.78 is 28.6. The monoisotopic (exact) mass is 414 g/mol. The molecule has 0 aliphatic carbocycles. The molecule has 0 unspecified atom stereocenters. The number of nitrogens with one attached hydrogen (secondary N) is 2. The zero-order valence-corrected chi connectivity index (χ0v) is 16.8. The zero-order chi connectivity index (χ0) is 20.6. The summed E-state index contributed by atoms with van der Waals surface area (Å²) in [5.74, 6) is -1.10. The van der Waals surface area contributed by atoms with Gasteiger partial charge < -0.3 is 9.80 Å². The second-order valence-corrected chi connectivity index (χ2v) is 8.72. The normalized spacial score (nSPS) is 17.2. The quantitative estimate of drug-likeness (QED) is 0.720. The SMILES string of the molecule is CCN1CCN(c2ccccc2NS(=O)(=O)c2ccc3c(c2)C(=O)NC3=O)CC1. The predicted molar refractivity (Wildman–Crippen MR) is 110 cm³/mol. The summed E-state index contributed by atoms with van der Waals surface area (Å²) in [7, 11) is -3.93. The van der Waals surface area contributed by atoms with Gasteiger partial charge in [0.1, 0.15) is 0 Å². The van der Waals surface area contributed by atoms with Crippen LogP contribution in [-0.4, -0.2) is 57.9 Å². The number of piperazine rings is 1. The number of imide groups is 1. The minimum Gasteiger partial charge on any atom is -0.367 e. The zero-order valence-electron chi connectivity index (χ0n) is 16.0. The number of benzene rings is 2. The van der Waals surface area contributed by atoms with Gasteiger partial charge in [-0.3, -0.25) is 19.6 Å². The number of sulfonamides is 1. The van der Waals surface area contributed by atoms with Crippen LogP contribution in [0.3, 0.4) is 0 Å². The van der Waals surface area contributed by atoms with E-state index in [1.807, 2.05) is 12.1 Å². The van der Waals surface area contributed by atoms with Crippen molar-refractivity contribution in [3.8, 4) is 0 Å². The van der Waals surface area contributed by atoms with Crippen molar-refractivity contribution in [1.29, 1.82) is 0 Å². The maximum absolute atomic E-state index is 13.0. The number of carbonyl (C=O) groups is 2. The van der Waals surface area contributed by atoms with Crippen molar-refractivity contribution in [2.75, 3.05) is 42.3 Å². The van der Waals surface area contributed by atoms with Crippen LogP contribution in [0.4, 0.5) is 11.4 Å². The first kappa shape index (κ1) is 19.4. The lowest BCUT2D eigenvalue weighted by Gasteiger charge is -2.36. The molecule has 0 saturated carbocycles. The molecule has 2 amide bonds. The molecule has 0 bridgehead atoms. The van der Waals surface area contributed by atoms with Crippen LogP contribution in [0, 0.1) is 0 Å². The van der Waals surface area contributed by atoms with Gasteiger partial charge in [0.15, 0.2) is 0 Å². The van der Waals surface area contributed by atoms with E-state index < -0.39 is 21.8 Å². The van der Waals surface area contributed by atoms with E-state index in [0.29, 0.717) is 5.69 Å². The summed E-state index contributed by atoms with van der Waals surface area (Å²) in [6, 6.07) is 11.2. The lowest BCUT2D eigenvalue weighted by molar-refractivity contribution is 0.0879. The molecule has 1 saturated heterocycles. The smallest absolute Gasteiger partial charge is 0.261 e. The van der Waals surface area contributed by atoms with Crippen LogP contribution in [0.25, 0.3) is 0 Å². The summed E-state index contributed by atoms with van der Waals surface area (Å²) in [6.45, 7) is 6.59. The topological polar surface area (TPSA) is 98.8 Å². The molecule has 0 radical (unpaired) electrons. The lowest BCUT2D eigenvalue weighted by Crippen LogP contribution is -2.46. The maximum atomic E-state index is 13.0. The van der Waals surface area contributed by atoms with Gasteiger partial charge in [-0.1, -0.05) is 19.1 Å². The van der Waals surface area contributed by atoms with Gasteiger partial charge in [0, 0.05) is 26.2 Å². The third-order valence-electron chi connectivity index (χ3n) is 5.33. The average Bonchev–Trinajstić information content (AvgIpc) is 3.01. The molecule has 2 N–H and O–H groups in total. The fraction of sp³-hybridized carbons (Fsp3) is 0.300. The molecule has 2 aliphatic heterocycles. The number of anilines is 2. The highest BCUT2D eigenvalue weighted by Crippen LogP contribution is 2.29. The Morgan fingerprint density at radius 1 is 0.966 bits per heavy atom. The number of hydrogen-bond acceptors (Lipinski definition) is 6. The Labute approximate surface area is 169 Å². The summed E-state index contributed by atoms with van der Waals surface area (Å²) >= 11 is 0. The van der Waals surface area contributed by atoms with Crippen LogP contribution >= 0.6 is 0 Å². The van der Waals surface area contributed by atoms with Crippen LogP contribution < -0.4 is 14.9 Å². The molecular formula is C20H22N4O4S. The minimum atomic E-state index is -3.93. The largest absolute Gasteiger partial charge is 0.367 e. The van der Waals surface area contributed by atoms with Gasteiger partial charge in [0.2, 0.25) is 0 Å². The predicted octanol–water partition coefficient (Wildman–Crippen LogP) is 1.51. The first-order chi connectivity index (χ1) is 13.9. The molecule has 9 heteroatoms. The van der Waals surface area contributed by atoms with Gasteiger partial charge >= 0.3 is 0 Å². The molecule has 0 aromatic heterocycles. The molecule has 152 valence electrons. The minimum absolute atomic E-state index is 0.0632. The van der Waals surface area contributed by atoms with E-state index in [2.05, 4.69) is 26.8 Å². The van der Waals surface area contributed by atoms with Crippen LogP contribution in [0.5, 0.6) is 0 Å². The van der Waals surface area contributed by atoms with E-state index in [-0.39, 0.29) is 16.0 Å². The van der Waals surface area contributed by atoms with Crippen molar-refractivity contribution in [1.82, 2.24) is 10.2 Å². The Kier molecular flexibility index (Phi) is 5.01. The first-order valence-electron chi connectivity index (χ1n) is 9.48. The molecule has 2 aromatic carbocycles. The van der Waals surface area contributed by atoms with Gasteiger partial charge in [-0.05, 0) is 36.9 Å². The van der Waals surface area contributed by atoms with Crippen molar-refractivity contribution in [2.24, 2.45) is 0 Å². The highest BCUT2D eigenvalue weighted by atomic mass is 32.2. The molecule has 2 aliphatic rings. The Bertz CT molecular complexity index is 1080. The Balaban J connectivity index is 1.61. The Morgan fingerprint density at radius 2 is 1.66 bits per heavy atom. The molecule has 8 nitrogen and oxygen atoms in total. The standard InChI is InChI=1S/C20H22N4O4S/c1-2-23-9-11-24(12-10-23)18-6-4-3-5-17(18)22-29(27,28)14-7-8-15-16(13-14)20(26)21-19(15)25/h3-8,13,22H,2,9-12H2,1H3,(H,21,25,26). The third kappa shape index (κ3) is 3.70. The maximum Gasteiger partial charge on any atom is 0.261 e. The van der Waals surface area contributed by atoms with Crippen molar-refractivity contribution in [3.05, 3.63) is 53.6 Å². The Hall–Kier alpha value is -2.91. The number of fused-ring (bicyclic) bond motifs is 1. The van der Waals surface area contributed by atoms with Crippen LogP contribution in [0.1, 0.15) is 27.6 Å². The second-order valence-electron chi connectivity index (χ2n) is 7.03. The lowest BCUT2D eigenvalue weighted by atomic mass is 10.1. The van der Waals surface area contributed by atoms with Gasteiger partial charge in [0.25, 0.3) is 21.8 Å². The number of hydrogen-bond donors (Lipinski definition) is 2. The van der Waals surface area contributed by atoms with Crippen LogP contribution in [-0.2, 0) is 10.0 Å². The van der Waals surface area contributed by atoms with Gasteiger partial charge in [-0.25, -0.2) is 8.42 Å². The number of para-hydroxylation sites is 2. The first-order valence-corrected chi connectivity index (χ1v) is 11.0. The van der Waals surface area contributed by atoms with Crippen molar-refractivity contribution in [3.63, 3.8) is 0 Å². The van der Waals surface area contributed by atoms with Gasteiger partial charge in [0.05, 0.1) is 27.4 Å². The third-order valence-corrected chi connectivity index (χ3v) is 6.69. The highest BCUT2D eigenvalue weighted by molar-refractivity contribution is 7.92. The van der Waals surface area contributed by atoms with Crippen molar-refractivity contribution in [2.45, 2.75) is 11.8 Å². The van der Waals surface area contributed by atoms with Crippen molar-refractivity contribution < 1.29 is 18.0 Å². The Morgan fingerprint density at radius 3 is 2.38 bits per heavy atom. The summed E-state index contributed by atoms with van der Waals surface area (Å²) in [4.78, 5) is 28.0. The number of carbonyl (C=O) groups excluding carboxylic acids is 2. The molecule has 0 spiro atoms. The molecule has 2 heterocycles. The van der Waals surface area contributed by atoms with Crippen LogP contribution in [0.2, 0.25) is 0 Å². The number of likely N-dealkylation sites (N-methyl/N-ethyl adjacent to an activating group) is 1. The summed E-state index contributed by atoms with van der Waals surface area (Å²) in [5, 5.41) is 2.17. The molecular weight excluding hydrogens is 392 g/mol. The highest BCUT2D eigenvalue weighted by Gasteiger charge is 2.29. The molecule has 29 heavy (non-hydrogen) atoms. The molecule has 4 rings (SSSR count). The molecule has 1 fully saturated rings. The van der Waals surface area contributed by atoms with E-state index in [1.165, 1.54) is 18.2 Å². The fourth-order valence-electron chi connectivity index (χ4n) is 3.66. The van der Waals surface area contributed by atoms with E-state index >= 15 is 0 Å². The van der Waals surface area contributed by atoms with Gasteiger partial charge in [-0.2, -0.15) is 0 Å². The second kappa shape index (κ2) is 7.49. The molecule has 0 atom stereocenters. The van der Waals surface area contributed by atoms with Gasteiger partial charge in [-0.15, -0.1) is 0 Å². The molecule has 2 aromatic rings. The number of rotatable bonds is 5. The van der Waals surface area contributed by atoms with E-state index in [0.717, 1.165) is 38.4 Å². The number of nitrogens with zero attached hydrogens (tertiary/aromatic N) is 2. The fourth-order valence-corrected chi connectivity index (χ4v) is 4.76. The van der Waals surface area contributed by atoms with E-state index in [1.54, 1.807) is 12.1 Å². The van der Waals surface area contributed by atoms with E-state index in [4.69, 9.17) is 0 Å².